The van der Waals surface area contributed by atoms with E-state index in [0.29, 0.717) is 30.0 Å². The lowest BCUT2D eigenvalue weighted by molar-refractivity contribution is 0.0558. The van der Waals surface area contributed by atoms with Gasteiger partial charge in [-0.3, -0.25) is 4.90 Å². The Labute approximate surface area is 198 Å². The van der Waals surface area contributed by atoms with Gasteiger partial charge < -0.3 is 14.8 Å². The van der Waals surface area contributed by atoms with Crippen LogP contribution in [0.1, 0.15) is 42.9 Å². The maximum absolute atomic E-state index is 10.9. The molecule has 2 N–H and O–H groups in total. The van der Waals surface area contributed by atoms with E-state index < -0.39 is 6.10 Å². The topological polar surface area (TPSA) is 48.5 Å². The molecule has 4 aliphatic rings. The largest absolute Gasteiger partial charge is 0.490 e. The van der Waals surface area contributed by atoms with E-state index in [1.807, 2.05) is 23.5 Å². The molecule has 2 aromatic carbocycles. The normalized spacial score (nSPS) is 29.5. The van der Waals surface area contributed by atoms with Crippen LogP contribution < -0.4 is 4.74 Å². The van der Waals surface area contributed by atoms with Gasteiger partial charge in [-0.2, -0.15) is 0 Å². The van der Waals surface area contributed by atoms with Crippen molar-refractivity contribution < 1.29 is 9.84 Å². The molecule has 2 bridgehead atoms. The Balaban J connectivity index is 1.03. The maximum atomic E-state index is 10.9. The standard InChI is InChI=1S/C28H30N2O2S/c1-17-9-23-24(29-17)3-2-4-25(23)32-16-22(31)15-30-21-13-28(14-21)12-20(11-27(28)30)18-5-6-26-19(10-18)7-8-33-26/h2-10,20-22,27,29,31H,11-16H2,1H3/t20?,21?,22-,27?,28?/m0/s1. The fourth-order valence-corrected chi connectivity index (χ4v) is 7.94. The number of fused-ring (bicyclic) bond motifs is 2. The number of rotatable bonds is 6. The van der Waals surface area contributed by atoms with Gasteiger partial charge in [0.05, 0.1) is 0 Å². The van der Waals surface area contributed by atoms with E-state index in [-0.39, 0.29) is 0 Å². The Bertz CT molecular complexity index is 1330. The Kier molecular flexibility index (Phi) is 4.46. The van der Waals surface area contributed by atoms with Gasteiger partial charge in [-0.25, -0.2) is 0 Å². The molecule has 5 heteroatoms. The number of aromatic nitrogens is 1. The van der Waals surface area contributed by atoms with E-state index in [1.54, 1.807) is 0 Å². The second-order valence-electron chi connectivity index (χ2n) is 10.6. The zero-order valence-corrected chi connectivity index (χ0v) is 19.8. The van der Waals surface area contributed by atoms with Gasteiger partial charge in [0.15, 0.2) is 0 Å². The summed E-state index contributed by atoms with van der Waals surface area (Å²) in [6.45, 7) is 3.11. The number of H-pyrrole nitrogens is 1. The van der Waals surface area contributed by atoms with Crippen molar-refractivity contribution in [1.82, 2.24) is 9.88 Å². The van der Waals surface area contributed by atoms with Crippen LogP contribution in [0, 0.1) is 12.3 Å². The van der Waals surface area contributed by atoms with E-state index >= 15 is 0 Å². The highest BCUT2D eigenvalue weighted by atomic mass is 32.1. The van der Waals surface area contributed by atoms with E-state index in [0.717, 1.165) is 28.9 Å². The molecule has 0 amide bonds. The van der Waals surface area contributed by atoms with Crippen LogP contribution in [0.15, 0.2) is 53.9 Å². The molecule has 2 aliphatic carbocycles. The van der Waals surface area contributed by atoms with Crippen LogP contribution in [0.25, 0.3) is 21.0 Å². The summed E-state index contributed by atoms with van der Waals surface area (Å²) in [5, 5.41) is 15.6. The predicted molar refractivity (Wildman–Crippen MR) is 134 cm³/mol. The first-order chi connectivity index (χ1) is 16.1. The summed E-state index contributed by atoms with van der Waals surface area (Å²) in [4.78, 5) is 5.98. The second-order valence-corrected chi connectivity index (χ2v) is 11.6. The number of aliphatic hydroxyl groups is 1. The Hall–Kier alpha value is -2.34. The number of aromatic amines is 1. The summed E-state index contributed by atoms with van der Waals surface area (Å²) in [6, 6.07) is 18.8. The Morgan fingerprint density at radius 2 is 2.09 bits per heavy atom. The number of aliphatic hydroxyl groups excluding tert-OH is 1. The van der Waals surface area contributed by atoms with Crippen molar-refractivity contribution in [2.45, 2.75) is 56.7 Å². The summed E-state index contributed by atoms with van der Waals surface area (Å²) < 4.78 is 7.47. The van der Waals surface area contributed by atoms with Gasteiger partial charge in [-0.15, -0.1) is 11.3 Å². The first kappa shape index (κ1) is 20.1. The third kappa shape index (κ3) is 3.17. The zero-order valence-electron chi connectivity index (χ0n) is 19.0. The summed E-state index contributed by atoms with van der Waals surface area (Å²) in [5.41, 5.74) is 4.19. The quantitative estimate of drug-likeness (QED) is 0.382. The van der Waals surface area contributed by atoms with Crippen molar-refractivity contribution in [3.8, 4) is 5.75 Å². The average Bonchev–Trinajstić information content (AvgIpc) is 3.55. The van der Waals surface area contributed by atoms with Crippen LogP contribution >= 0.6 is 11.3 Å². The molecule has 4 aromatic rings. The lowest BCUT2D eigenvalue weighted by Crippen LogP contribution is -2.40. The van der Waals surface area contributed by atoms with Gasteiger partial charge in [0, 0.05) is 39.9 Å². The van der Waals surface area contributed by atoms with Crippen LogP contribution in [-0.2, 0) is 0 Å². The number of ether oxygens (including phenoxy) is 1. The van der Waals surface area contributed by atoms with Gasteiger partial charge in [-0.05, 0) is 90.6 Å². The number of nitrogens with one attached hydrogen (secondary N) is 1. The van der Waals surface area contributed by atoms with Crippen molar-refractivity contribution in [2.24, 2.45) is 5.41 Å². The van der Waals surface area contributed by atoms with E-state index in [2.05, 4.69) is 58.6 Å². The first-order valence-electron chi connectivity index (χ1n) is 12.2. The van der Waals surface area contributed by atoms with Gasteiger partial charge in [0.25, 0.3) is 0 Å². The minimum atomic E-state index is -0.474. The minimum absolute atomic E-state index is 0.338. The van der Waals surface area contributed by atoms with Crippen molar-refractivity contribution in [3.63, 3.8) is 0 Å². The summed E-state index contributed by atoms with van der Waals surface area (Å²) in [6.07, 6.45) is 4.68. The van der Waals surface area contributed by atoms with Gasteiger partial charge in [0.2, 0.25) is 0 Å². The smallest absolute Gasteiger partial charge is 0.128 e. The molecule has 33 heavy (non-hydrogen) atoms. The van der Waals surface area contributed by atoms with E-state index in [4.69, 9.17) is 4.74 Å². The summed E-state index contributed by atoms with van der Waals surface area (Å²) >= 11 is 1.82. The van der Waals surface area contributed by atoms with Crippen molar-refractivity contribution in [3.05, 3.63) is 65.2 Å². The molecule has 2 aliphatic heterocycles. The van der Waals surface area contributed by atoms with Crippen molar-refractivity contribution in [1.29, 1.82) is 0 Å². The highest BCUT2D eigenvalue weighted by Crippen LogP contribution is 2.66. The highest BCUT2D eigenvalue weighted by molar-refractivity contribution is 7.17. The number of benzene rings is 2. The third-order valence-electron chi connectivity index (χ3n) is 8.58. The molecule has 170 valence electrons. The highest BCUT2D eigenvalue weighted by Gasteiger charge is 2.65. The van der Waals surface area contributed by atoms with Crippen molar-refractivity contribution in [2.75, 3.05) is 13.2 Å². The number of nitrogens with zero attached hydrogens (tertiary/aromatic N) is 1. The number of hydrogen-bond acceptors (Lipinski definition) is 4. The lowest BCUT2D eigenvalue weighted by atomic mass is 9.67. The van der Waals surface area contributed by atoms with Crippen LogP contribution in [0.5, 0.6) is 5.75 Å². The number of hydrogen-bond donors (Lipinski definition) is 2. The molecule has 0 radical (unpaired) electrons. The van der Waals surface area contributed by atoms with Crippen LogP contribution in [-0.4, -0.2) is 46.3 Å². The molecule has 4 fully saturated rings. The molecule has 8 rings (SSSR count). The van der Waals surface area contributed by atoms with Gasteiger partial charge in [0.1, 0.15) is 18.5 Å². The number of thiophene rings is 1. The molecule has 2 saturated heterocycles. The molecule has 3 atom stereocenters. The fraction of sp³-hybridized carbons (Fsp3) is 0.429. The lowest BCUT2D eigenvalue weighted by Gasteiger charge is -2.37. The molecule has 2 saturated carbocycles. The zero-order chi connectivity index (χ0) is 22.2. The number of aryl methyl sites for hydroxylation is 1. The molecule has 4 heterocycles. The molecular weight excluding hydrogens is 428 g/mol. The van der Waals surface area contributed by atoms with Crippen molar-refractivity contribution >= 4 is 32.3 Å². The van der Waals surface area contributed by atoms with Crippen LogP contribution in [0.3, 0.4) is 0 Å². The first-order valence-corrected chi connectivity index (χ1v) is 13.1. The average molecular weight is 459 g/mol. The Morgan fingerprint density at radius 1 is 1.18 bits per heavy atom. The molecular formula is C28H30N2O2S. The van der Waals surface area contributed by atoms with Gasteiger partial charge >= 0.3 is 0 Å². The minimum Gasteiger partial charge on any atom is -0.490 e. The summed E-state index contributed by atoms with van der Waals surface area (Å²) in [5.74, 6) is 1.49. The van der Waals surface area contributed by atoms with Gasteiger partial charge in [-0.1, -0.05) is 18.2 Å². The summed E-state index contributed by atoms with van der Waals surface area (Å²) in [7, 11) is 0. The van der Waals surface area contributed by atoms with Crippen LogP contribution in [0.4, 0.5) is 0 Å². The fourth-order valence-electron chi connectivity index (χ4n) is 7.17. The molecule has 2 unspecified atom stereocenters. The van der Waals surface area contributed by atoms with E-state index in [1.165, 1.54) is 41.3 Å². The SMILES string of the molecule is Cc1cc2c(OC[C@@H](O)CN3C4CC5(CC(c6ccc7sccc7c6)CC35)C4)cccc2[nH]1. The second kappa shape index (κ2) is 7.33. The Morgan fingerprint density at radius 3 is 3.00 bits per heavy atom. The molecule has 4 nitrogen and oxygen atoms in total. The molecule has 2 aromatic heterocycles. The maximum Gasteiger partial charge on any atom is 0.128 e. The monoisotopic (exact) mass is 458 g/mol. The van der Waals surface area contributed by atoms with E-state index in [9.17, 15) is 5.11 Å². The predicted octanol–water partition coefficient (Wildman–Crippen LogP) is 5.84. The third-order valence-corrected chi connectivity index (χ3v) is 9.48. The van der Waals surface area contributed by atoms with Crippen LogP contribution in [0.2, 0.25) is 0 Å². The molecule has 1 spiro atoms.